The number of nitrogens with one attached hydrogen (secondary N) is 1. The van der Waals surface area contributed by atoms with E-state index in [4.69, 9.17) is 4.42 Å². The summed E-state index contributed by atoms with van der Waals surface area (Å²) < 4.78 is 5.37. The van der Waals surface area contributed by atoms with Gasteiger partial charge in [0.2, 0.25) is 0 Å². The Morgan fingerprint density at radius 1 is 1.47 bits per heavy atom. The molecule has 2 aromatic rings. The molecule has 1 unspecified atom stereocenters. The third-order valence-corrected chi connectivity index (χ3v) is 2.11. The molecule has 1 atom stereocenters. The van der Waals surface area contributed by atoms with Crippen molar-refractivity contribution in [2.45, 2.75) is 13.0 Å². The Morgan fingerprint density at radius 3 is 3.00 bits per heavy atom. The van der Waals surface area contributed by atoms with Gasteiger partial charge in [-0.25, -0.2) is 0 Å². The van der Waals surface area contributed by atoms with E-state index < -0.39 is 0 Å². The van der Waals surface area contributed by atoms with Crippen LogP contribution in [0.3, 0.4) is 0 Å². The van der Waals surface area contributed by atoms with E-state index in [1.54, 1.807) is 24.9 Å². The Hall–Kier alpha value is -1.68. The van der Waals surface area contributed by atoms with Crippen LogP contribution in [0.2, 0.25) is 0 Å². The molecule has 78 valence electrons. The van der Waals surface area contributed by atoms with E-state index in [1.165, 1.54) is 0 Å². The highest BCUT2D eigenvalue weighted by atomic mass is 16.3. The van der Waals surface area contributed by atoms with Gasteiger partial charge in [-0.2, -0.15) is 0 Å². The molecule has 2 aromatic heterocycles. The average Bonchev–Trinajstić information content (AvgIpc) is 2.80. The number of hydrogen-bond donors (Lipinski definition) is 1. The van der Waals surface area contributed by atoms with Crippen LogP contribution in [0.5, 0.6) is 0 Å². The van der Waals surface area contributed by atoms with Crippen LogP contribution in [0.4, 0.5) is 0 Å². The Morgan fingerprint density at radius 2 is 2.40 bits per heavy atom. The van der Waals surface area contributed by atoms with Crippen LogP contribution in [0.15, 0.2) is 41.4 Å². The molecule has 0 aliphatic heterocycles. The lowest BCUT2D eigenvalue weighted by Crippen LogP contribution is -2.22. The maximum atomic E-state index is 5.37. The van der Waals surface area contributed by atoms with E-state index >= 15 is 0 Å². The van der Waals surface area contributed by atoms with Crippen molar-refractivity contribution in [3.05, 3.63) is 48.4 Å². The normalized spacial score (nSPS) is 12.6. The zero-order valence-electron chi connectivity index (χ0n) is 8.55. The highest BCUT2D eigenvalue weighted by Crippen LogP contribution is 2.19. The van der Waals surface area contributed by atoms with Gasteiger partial charge in [0.1, 0.15) is 11.8 Å². The molecule has 15 heavy (non-hydrogen) atoms. The smallest absolute Gasteiger partial charge is 0.126 e. The second-order valence-electron chi connectivity index (χ2n) is 3.14. The average molecular weight is 203 g/mol. The summed E-state index contributed by atoms with van der Waals surface area (Å²) in [6.07, 6.45) is 6.75. The quantitative estimate of drug-likeness (QED) is 0.822. The summed E-state index contributed by atoms with van der Waals surface area (Å²) in [6, 6.07) is 3.79. The molecule has 4 heteroatoms. The third kappa shape index (κ3) is 2.22. The second kappa shape index (κ2) is 4.70. The molecule has 0 fully saturated rings. The first-order chi connectivity index (χ1) is 7.42. The predicted molar refractivity (Wildman–Crippen MR) is 56.3 cm³/mol. The van der Waals surface area contributed by atoms with Gasteiger partial charge in [-0.05, 0) is 18.7 Å². The van der Waals surface area contributed by atoms with E-state index in [9.17, 15) is 0 Å². The van der Waals surface area contributed by atoms with Gasteiger partial charge in [-0.1, -0.05) is 6.92 Å². The summed E-state index contributed by atoms with van der Waals surface area (Å²) in [5.74, 6) is 0.859. The Kier molecular flexibility index (Phi) is 3.09. The molecule has 0 aliphatic carbocycles. The fourth-order valence-corrected chi connectivity index (χ4v) is 1.47. The molecule has 0 amide bonds. The summed E-state index contributed by atoms with van der Waals surface area (Å²) in [5.41, 5.74) is 0.870. The van der Waals surface area contributed by atoms with Gasteiger partial charge in [0.05, 0.1) is 18.2 Å². The van der Waals surface area contributed by atoms with Gasteiger partial charge in [0.15, 0.2) is 0 Å². The molecule has 2 heterocycles. The van der Waals surface area contributed by atoms with Crippen molar-refractivity contribution in [1.29, 1.82) is 0 Å². The molecule has 2 rings (SSSR count). The molecular weight excluding hydrogens is 190 g/mol. The third-order valence-electron chi connectivity index (χ3n) is 2.11. The van der Waals surface area contributed by atoms with Crippen LogP contribution in [-0.2, 0) is 0 Å². The van der Waals surface area contributed by atoms with Gasteiger partial charge in [0, 0.05) is 12.4 Å². The van der Waals surface area contributed by atoms with Crippen molar-refractivity contribution in [3.63, 3.8) is 0 Å². The molecule has 0 bridgehead atoms. The number of nitrogens with zero attached hydrogens (tertiary/aromatic N) is 2. The second-order valence-corrected chi connectivity index (χ2v) is 3.14. The maximum absolute atomic E-state index is 5.37. The number of rotatable bonds is 4. The van der Waals surface area contributed by atoms with Gasteiger partial charge >= 0.3 is 0 Å². The van der Waals surface area contributed by atoms with Crippen molar-refractivity contribution in [2.24, 2.45) is 0 Å². The predicted octanol–water partition coefficient (Wildman–Crippen LogP) is 1.77. The largest absolute Gasteiger partial charge is 0.467 e. The highest BCUT2D eigenvalue weighted by Gasteiger charge is 2.16. The SMILES string of the molecule is CCNC(c1cnccn1)c1ccco1. The minimum atomic E-state index is -0.0151. The Bertz CT molecular complexity index is 385. The molecule has 0 radical (unpaired) electrons. The van der Waals surface area contributed by atoms with E-state index in [0.29, 0.717) is 0 Å². The molecule has 0 aliphatic rings. The first kappa shape index (κ1) is 9.86. The van der Waals surface area contributed by atoms with Gasteiger partial charge in [0.25, 0.3) is 0 Å². The fraction of sp³-hybridized carbons (Fsp3) is 0.273. The summed E-state index contributed by atoms with van der Waals surface area (Å²) in [5, 5.41) is 3.31. The van der Waals surface area contributed by atoms with Crippen LogP contribution >= 0.6 is 0 Å². The lowest BCUT2D eigenvalue weighted by Gasteiger charge is -2.13. The topological polar surface area (TPSA) is 51.0 Å². The molecule has 1 N–H and O–H groups in total. The van der Waals surface area contributed by atoms with Gasteiger partial charge in [-0.3, -0.25) is 9.97 Å². The number of hydrogen-bond acceptors (Lipinski definition) is 4. The van der Waals surface area contributed by atoms with E-state index in [1.807, 2.05) is 19.1 Å². The number of aromatic nitrogens is 2. The van der Waals surface area contributed by atoms with Crippen molar-refractivity contribution in [2.75, 3.05) is 6.54 Å². The lowest BCUT2D eigenvalue weighted by molar-refractivity contribution is 0.446. The van der Waals surface area contributed by atoms with Crippen LogP contribution < -0.4 is 5.32 Å². The standard InChI is InChI=1S/C11H13N3O/c1-2-13-11(10-4-3-7-15-10)9-8-12-5-6-14-9/h3-8,11,13H,2H2,1H3. The van der Waals surface area contributed by atoms with Crippen molar-refractivity contribution in [3.8, 4) is 0 Å². The zero-order valence-corrected chi connectivity index (χ0v) is 8.55. The van der Waals surface area contributed by atoms with E-state index in [0.717, 1.165) is 18.0 Å². The maximum Gasteiger partial charge on any atom is 0.126 e. The minimum Gasteiger partial charge on any atom is -0.467 e. The number of furan rings is 1. The molecule has 4 nitrogen and oxygen atoms in total. The molecule has 0 aromatic carbocycles. The molecule has 0 saturated carbocycles. The zero-order chi connectivity index (χ0) is 10.5. The van der Waals surface area contributed by atoms with E-state index in [-0.39, 0.29) is 6.04 Å². The van der Waals surface area contributed by atoms with Gasteiger partial charge in [-0.15, -0.1) is 0 Å². The monoisotopic (exact) mass is 203 g/mol. The highest BCUT2D eigenvalue weighted by molar-refractivity contribution is 5.17. The summed E-state index contributed by atoms with van der Waals surface area (Å²) in [7, 11) is 0. The van der Waals surface area contributed by atoms with Gasteiger partial charge < -0.3 is 9.73 Å². The van der Waals surface area contributed by atoms with Crippen LogP contribution in [0.1, 0.15) is 24.4 Å². The van der Waals surface area contributed by atoms with Crippen LogP contribution in [-0.4, -0.2) is 16.5 Å². The van der Waals surface area contributed by atoms with Crippen molar-refractivity contribution >= 4 is 0 Å². The van der Waals surface area contributed by atoms with Crippen LogP contribution in [0, 0.1) is 0 Å². The Balaban J connectivity index is 2.28. The Labute approximate surface area is 88.4 Å². The van der Waals surface area contributed by atoms with Crippen LogP contribution in [0.25, 0.3) is 0 Å². The van der Waals surface area contributed by atoms with E-state index in [2.05, 4.69) is 15.3 Å². The first-order valence-electron chi connectivity index (χ1n) is 4.94. The van der Waals surface area contributed by atoms with Crippen molar-refractivity contribution < 1.29 is 4.42 Å². The first-order valence-corrected chi connectivity index (χ1v) is 4.94. The molecule has 0 spiro atoms. The lowest BCUT2D eigenvalue weighted by atomic mass is 10.1. The summed E-state index contributed by atoms with van der Waals surface area (Å²) >= 11 is 0. The molecule has 0 saturated heterocycles. The summed E-state index contributed by atoms with van der Waals surface area (Å²) in [4.78, 5) is 8.32. The fourth-order valence-electron chi connectivity index (χ4n) is 1.47. The summed E-state index contributed by atoms with van der Waals surface area (Å²) in [6.45, 7) is 2.90. The minimum absolute atomic E-state index is 0.0151. The van der Waals surface area contributed by atoms with Crippen molar-refractivity contribution in [1.82, 2.24) is 15.3 Å². The molecular formula is C11H13N3O.